The van der Waals surface area contributed by atoms with E-state index in [1.54, 1.807) is 19.4 Å². The van der Waals surface area contributed by atoms with Gasteiger partial charge in [0.05, 0.1) is 17.9 Å². The first-order valence-corrected chi connectivity index (χ1v) is 9.19. The lowest BCUT2D eigenvalue weighted by Crippen LogP contribution is -2.45. The van der Waals surface area contributed by atoms with Gasteiger partial charge in [0.2, 0.25) is 0 Å². The van der Waals surface area contributed by atoms with E-state index in [2.05, 4.69) is 25.9 Å². The van der Waals surface area contributed by atoms with Crippen LogP contribution in [0.5, 0.6) is 0 Å². The van der Waals surface area contributed by atoms with Crippen molar-refractivity contribution in [1.82, 2.24) is 15.3 Å². The number of hydrogen-bond acceptors (Lipinski definition) is 8. The van der Waals surface area contributed by atoms with Crippen molar-refractivity contribution in [1.29, 1.82) is 0 Å². The molecule has 0 aromatic carbocycles. The van der Waals surface area contributed by atoms with Gasteiger partial charge in [0.1, 0.15) is 11.6 Å². The Morgan fingerprint density at radius 3 is 2.86 bits per heavy atom. The average Bonchev–Trinajstić information content (AvgIpc) is 2.70. The molecule has 6 N–H and O–H groups in total. The number of carbonyl (C=O) groups is 1. The van der Waals surface area contributed by atoms with Crippen molar-refractivity contribution in [3.63, 3.8) is 0 Å². The second kappa shape index (κ2) is 9.45. The molecule has 1 fully saturated rings. The first-order valence-electron chi connectivity index (χ1n) is 9.19. The maximum Gasteiger partial charge on any atom is 0.252 e. The lowest BCUT2D eigenvalue weighted by molar-refractivity contribution is 0.100. The SMILES string of the molecule is COCc1ccc(Nc2cc(N[C@@H]3CCNC[C@@H]3CO)c(C(N)=O)cn2)nc1. The Bertz CT molecular complexity index is 799. The van der Waals surface area contributed by atoms with Gasteiger partial charge in [0, 0.05) is 50.7 Å². The van der Waals surface area contributed by atoms with E-state index in [1.165, 1.54) is 6.20 Å². The van der Waals surface area contributed by atoms with E-state index in [9.17, 15) is 9.90 Å². The number of nitrogens with zero attached hydrogens (tertiary/aromatic N) is 2. The molecule has 9 heteroatoms. The Morgan fingerprint density at radius 1 is 1.36 bits per heavy atom. The zero-order chi connectivity index (χ0) is 19.9. The van der Waals surface area contributed by atoms with Crippen LogP contribution in [-0.2, 0) is 11.3 Å². The van der Waals surface area contributed by atoms with Crippen LogP contribution < -0.4 is 21.7 Å². The molecule has 2 aromatic heterocycles. The zero-order valence-electron chi connectivity index (χ0n) is 15.8. The fourth-order valence-corrected chi connectivity index (χ4v) is 3.23. The molecule has 1 saturated heterocycles. The number of amides is 1. The highest BCUT2D eigenvalue weighted by molar-refractivity contribution is 5.98. The Balaban J connectivity index is 1.79. The van der Waals surface area contributed by atoms with Crippen LogP contribution in [0.15, 0.2) is 30.6 Å². The van der Waals surface area contributed by atoms with E-state index in [0.29, 0.717) is 36.0 Å². The molecule has 3 rings (SSSR count). The maximum atomic E-state index is 11.8. The Morgan fingerprint density at radius 2 is 2.18 bits per heavy atom. The predicted octanol–water partition coefficient (Wildman–Crippen LogP) is 0.848. The summed E-state index contributed by atoms with van der Waals surface area (Å²) in [6.07, 6.45) is 4.00. The van der Waals surface area contributed by atoms with Crippen LogP contribution in [0.25, 0.3) is 0 Å². The lowest BCUT2D eigenvalue weighted by atomic mass is 9.93. The van der Waals surface area contributed by atoms with Gasteiger partial charge < -0.3 is 31.5 Å². The molecule has 150 valence electrons. The summed E-state index contributed by atoms with van der Waals surface area (Å²) in [5.41, 5.74) is 7.37. The molecule has 0 aliphatic carbocycles. The van der Waals surface area contributed by atoms with Crippen LogP contribution in [0.2, 0.25) is 0 Å². The maximum absolute atomic E-state index is 11.8. The molecule has 2 atom stereocenters. The van der Waals surface area contributed by atoms with Crippen LogP contribution >= 0.6 is 0 Å². The van der Waals surface area contributed by atoms with Gasteiger partial charge in [0.15, 0.2) is 0 Å². The van der Waals surface area contributed by atoms with Gasteiger partial charge >= 0.3 is 0 Å². The minimum absolute atomic E-state index is 0.0334. The first-order chi connectivity index (χ1) is 13.6. The van der Waals surface area contributed by atoms with Gasteiger partial charge in [-0.2, -0.15) is 0 Å². The molecular weight excluding hydrogens is 360 g/mol. The molecule has 0 unspecified atom stereocenters. The van der Waals surface area contributed by atoms with Crippen molar-refractivity contribution in [2.24, 2.45) is 11.7 Å². The highest BCUT2D eigenvalue weighted by atomic mass is 16.5. The molecule has 28 heavy (non-hydrogen) atoms. The lowest BCUT2D eigenvalue weighted by Gasteiger charge is -2.32. The van der Waals surface area contributed by atoms with E-state index >= 15 is 0 Å². The third-order valence-electron chi connectivity index (χ3n) is 4.74. The summed E-state index contributed by atoms with van der Waals surface area (Å²) in [6, 6.07) is 5.52. The summed E-state index contributed by atoms with van der Waals surface area (Å²) in [6.45, 7) is 2.11. The van der Waals surface area contributed by atoms with Crippen molar-refractivity contribution in [2.45, 2.75) is 19.1 Å². The first kappa shape index (κ1) is 20.0. The van der Waals surface area contributed by atoms with E-state index in [0.717, 1.165) is 18.5 Å². The largest absolute Gasteiger partial charge is 0.396 e. The number of aliphatic hydroxyl groups is 1. The molecule has 3 heterocycles. The van der Waals surface area contributed by atoms with E-state index in [1.807, 2.05) is 12.1 Å². The van der Waals surface area contributed by atoms with Crippen LogP contribution in [0.4, 0.5) is 17.3 Å². The standard InChI is InChI=1S/C19H26N6O3/c1-28-11-12-2-3-17(22-7-12)25-18-6-16(14(9-23-18)19(20)27)24-15-4-5-21-8-13(15)10-26/h2-3,6-7,9,13,15,21,26H,4-5,8,10-11H2,1H3,(H2,20,27)(H2,22,23,24,25)/t13-,15-/m1/s1. The molecular formula is C19H26N6O3. The second-order valence-corrected chi connectivity index (χ2v) is 6.78. The number of primary amides is 1. The fraction of sp³-hybridized carbons (Fsp3) is 0.421. The van der Waals surface area contributed by atoms with Gasteiger partial charge in [-0.15, -0.1) is 0 Å². The van der Waals surface area contributed by atoms with E-state index in [-0.39, 0.29) is 18.6 Å². The van der Waals surface area contributed by atoms with Crippen molar-refractivity contribution in [2.75, 3.05) is 37.4 Å². The molecule has 0 radical (unpaired) electrons. The fourth-order valence-electron chi connectivity index (χ4n) is 3.23. The van der Waals surface area contributed by atoms with Gasteiger partial charge in [0.25, 0.3) is 5.91 Å². The number of ether oxygens (including phenoxy) is 1. The molecule has 1 aliphatic heterocycles. The van der Waals surface area contributed by atoms with Crippen LogP contribution in [0.1, 0.15) is 22.3 Å². The molecule has 9 nitrogen and oxygen atoms in total. The summed E-state index contributed by atoms with van der Waals surface area (Å²) in [7, 11) is 1.63. The highest BCUT2D eigenvalue weighted by Gasteiger charge is 2.25. The van der Waals surface area contributed by atoms with Gasteiger partial charge in [-0.1, -0.05) is 6.07 Å². The number of carbonyl (C=O) groups excluding carboxylic acids is 1. The summed E-state index contributed by atoms with van der Waals surface area (Å²) in [5.74, 6) is 0.654. The summed E-state index contributed by atoms with van der Waals surface area (Å²) >= 11 is 0. The van der Waals surface area contributed by atoms with Crippen molar-refractivity contribution in [3.8, 4) is 0 Å². The quantitative estimate of drug-likeness (QED) is 0.451. The Hall–Kier alpha value is -2.75. The summed E-state index contributed by atoms with van der Waals surface area (Å²) in [5, 5.41) is 19.4. The van der Waals surface area contributed by atoms with Crippen LogP contribution in [-0.4, -0.2) is 53.8 Å². The number of methoxy groups -OCH3 is 1. The third-order valence-corrected chi connectivity index (χ3v) is 4.74. The summed E-state index contributed by atoms with van der Waals surface area (Å²) in [4.78, 5) is 20.4. The number of piperidine rings is 1. The molecule has 0 bridgehead atoms. The number of nitrogens with two attached hydrogens (primary N) is 1. The van der Waals surface area contributed by atoms with Gasteiger partial charge in [-0.25, -0.2) is 9.97 Å². The average molecular weight is 386 g/mol. The third kappa shape index (κ3) is 4.94. The molecule has 0 spiro atoms. The van der Waals surface area contributed by atoms with Crippen molar-refractivity contribution >= 4 is 23.2 Å². The normalized spacial score (nSPS) is 19.2. The molecule has 1 aliphatic rings. The number of aromatic nitrogens is 2. The smallest absolute Gasteiger partial charge is 0.252 e. The van der Waals surface area contributed by atoms with E-state index < -0.39 is 5.91 Å². The summed E-state index contributed by atoms with van der Waals surface area (Å²) < 4.78 is 5.08. The van der Waals surface area contributed by atoms with Crippen molar-refractivity contribution in [3.05, 3.63) is 41.7 Å². The van der Waals surface area contributed by atoms with E-state index in [4.69, 9.17) is 10.5 Å². The predicted molar refractivity (Wildman–Crippen MR) is 106 cm³/mol. The topological polar surface area (TPSA) is 134 Å². The van der Waals surface area contributed by atoms with Crippen LogP contribution in [0.3, 0.4) is 0 Å². The minimum atomic E-state index is -0.557. The monoisotopic (exact) mass is 386 g/mol. The second-order valence-electron chi connectivity index (χ2n) is 6.78. The number of nitrogens with one attached hydrogen (secondary N) is 3. The number of aliphatic hydroxyl groups excluding tert-OH is 1. The minimum Gasteiger partial charge on any atom is -0.396 e. The van der Waals surface area contributed by atoms with Gasteiger partial charge in [-0.05, 0) is 24.6 Å². The zero-order valence-corrected chi connectivity index (χ0v) is 15.8. The number of anilines is 3. The Labute approximate surface area is 163 Å². The number of pyridine rings is 2. The number of rotatable bonds is 8. The molecule has 0 saturated carbocycles. The van der Waals surface area contributed by atoms with Crippen LogP contribution in [0, 0.1) is 5.92 Å². The number of hydrogen-bond donors (Lipinski definition) is 5. The Kier molecular flexibility index (Phi) is 6.75. The van der Waals surface area contributed by atoms with Crippen molar-refractivity contribution < 1.29 is 14.6 Å². The highest BCUT2D eigenvalue weighted by Crippen LogP contribution is 2.24. The molecule has 1 amide bonds. The van der Waals surface area contributed by atoms with Gasteiger partial charge in [-0.3, -0.25) is 4.79 Å². The molecule has 2 aromatic rings.